The van der Waals surface area contributed by atoms with Crippen LogP contribution in [0.3, 0.4) is 0 Å². The number of carbonyl (C=O) groups is 4. The van der Waals surface area contributed by atoms with E-state index in [0.29, 0.717) is 12.5 Å². The highest BCUT2D eigenvalue weighted by Gasteiger charge is 2.52. The van der Waals surface area contributed by atoms with Crippen LogP contribution in [-0.2, 0) is 14.4 Å². The third-order valence-corrected chi connectivity index (χ3v) is 5.71. The van der Waals surface area contributed by atoms with Gasteiger partial charge in [-0.2, -0.15) is 13.2 Å². The second kappa shape index (κ2) is 9.63. The van der Waals surface area contributed by atoms with Crippen LogP contribution < -0.4 is 11.1 Å². The molecule has 1 spiro atoms. The molecule has 0 bridgehead atoms. The molecule has 0 aromatic rings. The zero-order chi connectivity index (χ0) is 22.5. The lowest BCUT2D eigenvalue weighted by molar-refractivity contribution is -0.192. The van der Waals surface area contributed by atoms with E-state index in [1.54, 1.807) is 0 Å². The SMILES string of the molecule is NCCC1CCN(C(=O)CCN2C(=O)NC3(CCCC3)C2=O)C1.O=C(O)C(F)(F)F. The number of amides is 4. The third kappa shape index (κ3) is 5.61. The number of carbonyl (C=O) groups excluding carboxylic acids is 3. The predicted octanol–water partition coefficient (Wildman–Crippen LogP) is 1.07. The van der Waals surface area contributed by atoms with Crippen molar-refractivity contribution in [2.75, 3.05) is 26.2 Å². The lowest BCUT2D eigenvalue weighted by Gasteiger charge is -2.21. The highest BCUT2D eigenvalue weighted by atomic mass is 19.4. The molecule has 1 saturated carbocycles. The van der Waals surface area contributed by atoms with E-state index in [9.17, 15) is 27.6 Å². The summed E-state index contributed by atoms with van der Waals surface area (Å²) < 4.78 is 31.7. The smallest absolute Gasteiger partial charge is 0.475 e. The highest BCUT2D eigenvalue weighted by Crippen LogP contribution is 2.35. The number of nitrogens with zero attached hydrogens (tertiary/aromatic N) is 2. The first kappa shape index (κ1) is 23.9. The molecule has 3 rings (SSSR count). The second-order valence-electron chi connectivity index (χ2n) is 7.80. The molecular formula is C18H27F3N4O5. The summed E-state index contributed by atoms with van der Waals surface area (Å²) in [6.45, 7) is 2.34. The van der Waals surface area contributed by atoms with Crippen molar-refractivity contribution >= 4 is 23.8 Å². The first-order chi connectivity index (χ1) is 14.0. The summed E-state index contributed by atoms with van der Waals surface area (Å²) in [6.07, 6.45) is 0.438. The maximum atomic E-state index is 12.5. The fourth-order valence-electron chi connectivity index (χ4n) is 4.09. The van der Waals surface area contributed by atoms with Gasteiger partial charge < -0.3 is 21.1 Å². The lowest BCUT2D eigenvalue weighted by Crippen LogP contribution is -2.44. The van der Waals surface area contributed by atoms with Crippen LogP contribution in [-0.4, -0.2) is 76.6 Å². The Morgan fingerprint density at radius 3 is 2.37 bits per heavy atom. The molecule has 12 heteroatoms. The molecule has 0 radical (unpaired) electrons. The number of nitrogens with one attached hydrogen (secondary N) is 1. The van der Waals surface area contributed by atoms with E-state index in [-0.39, 0.29) is 30.8 Å². The molecule has 2 aliphatic heterocycles. The molecule has 1 atom stereocenters. The van der Waals surface area contributed by atoms with Gasteiger partial charge in [0.25, 0.3) is 5.91 Å². The van der Waals surface area contributed by atoms with Crippen LogP contribution in [0.1, 0.15) is 44.9 Å². The van der Waals surface area contributed by atoms with Gasteiger partial charge >= 0.3 is 18.2 Å². The fourth-order valence-corrected chi connectivity index (χ4v) is 4.09. The van der Waals surface area contributed by atoms with Gasteiger partial charge in [0.1, 0.15) is 5.54 Å². The zero-order valence-electron chi connectivity index (χ0n) is 16.5. The van der Waals surface area contributed by atoms with E-state index in [1.807, 2.05) is 4.90 Å². The van der Waals surface area contributed by atoms with Crippen LogP contribution in [0.5, 0.6) is 0 Å². The number of likely N-dealkylation sites (tertiary alicyclic amines) is 1. The molecule has 2 heterocycles. The summed E-state index contributed by atoms with van der Waals surface area (Å²) >= 11 is 0. The molecule has 1 unspecified atom stereocenters. The first-order valence-corrected chi connectivity index (χ1v) is 9.92. The minimum absolute atomic E-state index is 0.0255. The zero-order valence-corrected chi connectivity index (χ0v) is 16.5. The summed E-state index contributed by atoms with van der Waals surface area (Å²) in [5.41, 5.74) is 4.89. The molecular weight excluding hydrogens is 409 g/mol. The molecule has 3 aliphatic rings. The number of carboxylic acids is 1. The Bertz CT molecular complexity index is 679. The van der Waals surface area contributed by atoms with E-state index in [1.165, 1.54) is 4.90 Å². The molecule has 4 amide bonds. The molecule has 30 heavy (non-hydrogen) atoms. The van der Waals surface area contributed by atoms with Gasteiger partial charge in [0.05, 0.1) is 0 Å². The molecule has 0 aromatic carbocycles. The Labute approximate surface area is 171 Å². The Balaban J connectivity index is 0.000000396. The van der Waals surface area contributed by atoms with E-state index in [0.717, 1.165) is 51.6 Å². The second-order valence-corrected chi connectivity index (χ2v) is 7.80. The number of hydrogen-bond donors (Lipinski definition) is 3. The maximum Gasteiger partial charge on any atom is 0.490 e. The predicted molar refractivity (Wildman–Crippen MR) is 98.1 cm³/mol. The maximum absolute atomic E-state index is 12.5. The van der Waals surface area contributed by atoms with Crippen molar-refractivity contribution in [1.29, 1.82) is 0 Å². The molecule has 0 aromatic heterocycles. The Morgan fingerprint density at radius 1 is 1.23 bits per heavy atom. The number of nitrogens with two attached hydrogens (primary N) is 1. The van der Waals surface area contributed by atoms with Crippen molar-refractivity contribution in [1.82, 2.24) is 15.1 Å². The number of carboxylic acid groups (broad SMARTS) is 1. The van der Waals surface area contributed by atoms with Crippen molar-refractivity contribution in [3.05, 3.63) is 0 Å². The van der Waals surface area contributed by atoms with E-state index >= 15 is 0 Å². The van der Waals surface area contributed by atoms with Crippen LogP contribution in [0.25, 0.3) is 0 Å². The van der Waals surface area contributed by atoms with E-state index < -0.39 is 17.7 Å². The molecule has 4 N–H and O–H groups in total. The number of halogens is 3. The Kier molecular flexibility index (Phi) is 7.67. The minimum atomic E-state index is -5.08. The van der Waals surface area contributed by atoms with Gasteiger partial charge in [-0.05, 0) is 38.1 Å². The summed E-state index contributed by atoms with van der Waals surface area (Å²) in [5, 5.41) is 9.97. The van der Waals surface area contributed by atoms with Crippen LogP contribution >= 0.6 is 0 Å². The van der Waals surface area contributed by atoms with Gasteiger partial charge in [0.2, 0.25) is 5.91 Å². The molecule has 2 saturated heterocycles. The van der Waals surface area contributed by atoms with Gasteiger partial charge in [0.15, 0.2) is 0 Å². The molecule has 170 valence electrons. The summed E-state index contributed by atoms with van der Waals surface area (Å²) in [6, 6.07) is -0.341. The number of alkyl halides is 3. The standard InChI is InChI=1S/C16H26N4O3.C2HF3O2/c17-8-3-12-4-9-19(11-12)13(21)5-10-20-14(22)16(18-15(20)23)6-1-2-7-16;3-2(4,5)1(6)7/h12H,1-11,17H2,(H,18,23);(H,6,7). The Hall–Kier alpha value is -2.37. The molecule has 3 fully saturated rings. The summed E-state index contributed by atoms with van der Waals surface area (Å²) in [5.74, 6) is -2.39. The highest BCUT2D eigenvalue weighted by molar-refractivity contribution is 6.07. The average Bonchev–Trinajstić information content (AvgIpc) is 3.36. The van der Waals surface area contributed by atoms with Crippen molar-refractivity contribution < 1.29 is 37.5 Å². The van der Waals surface area contributed by atoms with Crippen LogP contribution in [0.15, 0.2) is 0 Å². The van der Waals surface area contributed by atoms with Gasteiger partial charge in [-0.3, -0.25) is 14.5 Å². The monoisotopic (exact) mass is 436 g/mol. The first-order valence-electron chi connectivity index (χ1n) is 9.92. The number of urea groups is 1. The van der Waals surface area contributed by atoms with Crippen LogP contribution in [0.2, 0.25) is 0 Å². The third-order valence-electron chi connectivity index (χ3n) is 5.71. The lowest BCUT2D eigenvalue weighted by atomic mass is 9.98. The van der Waals surface area contributed by atoms with Crippen molar-refractivity contribution in [2.45, 2.75) is 56.7 Å². The van der Waals surface area contributed by atoms with E-state index in [2.05, 4.69) is 5.32 Å². The van der Waals surface area contributed by atoms with Crippen LogP contribution in [0, 0.1) is 5.92 Å². The fraction of sp³-hybridized carbons (Fsp3) is 0.778. The number of hydrogen-bond acceptors (Lipinski definition) is 5. The summed E-state index contributed by atoms with van der Waals surface area (Å²) in [4.78, 5) is 48.9. The van der Waals surface area contributed by atoms with Crippen molar-refractivity contribution in [3.63, 3.8) is 0 Å². The number of aliphatic carboxylic acids is 1. The topological polar surface area (TPSA) is 133 Å². The van der Waals surface area contributed by atoms with Crippen molar-refractivity contribution in [3.8, 4) is 0 Å². The van der Waals surface area contributed by atoms with Gasteiger partial charge in [-0.1, -0.05) is 12.8 Å². The average molecular weight is 436 g/mol. The largest absolute Gasteiger partial charge is 0.490 e. The number of rotatable bonds is 5. The van der Waals surface area contributed by atoms with Crippen LogP contribution in [0.4, 0.5) is 18.0 Å². The molecule has 9 nitrogen and oxygen atoms in total. The van der Waals surface area contributed by atoms with Gasteiger partial charge in [-0.25, -0.2) is 9.59 Å². The normalized spacial score (nSPS) is 22.9. The van der Waals surface area contributed by atoms with Gasteiger partial charge in [0, 0.05) is 26.1 Å². The Morgan fingerprint density at radius 2 is 1.83 bits per heavy atom. The molecule has 1 aliphatic carbocycles. The minimum Gasteiger partial charge on any atom is -0.475 e. The van der Waals surface area contributed by atoms with E-state index in [4.69, 9.17) is 15.6 Å². The summed E-state index contributed by atoms with van der Waals surface area (Å²) in [7, 11) is 0. The number of imide groups is 1. The van der Waals surface area contributed by atoms with Crippen molar-refractivity contribution in [2.24, 2.45) is 11.7 Å². The van der Waals surface area contributed by atoms with Gasteiger partial charge in [-0.15, -0.1) is 0 Å². The quantitative estimate of drug-likeness (QED) is 0.552.